The van der Waals surface area contributed by atoms with E-state index >= 15 is 0 Å². The van der Waals surface area contributed by atoms with E-state index in [4.69, 9.17) is 11.6 Å². The molecule has 0 saturated heterocycles. The number of aryl methyl sites for hydroxylation is 1. The van der Waals surface area contributed by atoms with Crippen LogP contribution < -0.4 is 5.32 Å². The van der Waals surface area contributed by atoms with Gasteiger partial charge in [0.05, 0.1) is 5.75 Å². The summed E-state index contributed by atoms with van der Waals surface area (Å²) in [6, 6.07) is 15.1. The highest BCUT2D eigenvalue weighted by Crippen LogP contribution is 2.20. The molecule has 0 aliphatic carbocycles. The zero-order chi connectivity index (χ0) is 23.0. The zero-order valence-corrected chi connectivity index (χ0v) is 20.6. The van der Waals surface area contributed by atoms with Crippen LogP contribution >= 0.6 is 23.4 Å². The minimum absolute atomic E-state index is 0.0376. The number of carbonyl (C=O) groups is 2. The summed E-state index contributed by atoms with van der Waals surface area (Å²) in [6.45, 7) is 10.2. The number of carbonyl (C=O) groups excluding carboxylic acids is 2. The van der Waals surface area contributed by atoms with Crippen molar-refractivity contribution in [2.45, 2.75) is 64.9 Å². The van der Waals surface area contributed by atoms with Gasteiger partial charge in [0, 0.05) is 22.9 Å². The average Bonchev–Trinajstić information content (AvgIpc) is 2.69. The van der Waals surface area contributed by atoms with Gasteiger partial charge in [-0.2, -0.15) is 0 Å². The van der Waals surface area contributed by atoms with Crippen molar-refractivity contribution in [1.29, 1.82) is 0 Å². The topological polar surface area (TPSA) is 49.4 Å². The Morgan fingerprint density at radius 1 is 1.10 bits per heavy atom. The van der Waals surface area contributed by atoms with Crippen molar-refractivity contribution in [2.24, 2.45) is 0 Å². The molecular weight excluding hydrogens is 428 g/mol. The van der Waals surface area contributed by atoms with Crippen LogP contribution in [0.2, 0.25) is 5.02 Å². The molecule has 0 heterocycles. The molecule has 0 fully saturated rings. The summed E-state index contributed by atoms with van der Waals surface area (Å²) in [5.74, 6) is 0.921. The Hall–Kier alpha value is -1.98. The van der Waals surface area contributed by atoms with Crippen LogP contribution in [0.15, 0.2) is 48.5 Å². The molecule has 0 bridgehead atoms. The standard InChI is InChI=1S/C25H33ClN2O2S/c1-6-22(24(30)27-25(3,4)5)28(15-19-11-13-21(26)14-12-19)23(29)17-31-16-20-10-8-7-9-18(20)2/h7-14,22H,6,15-17H2,1-5H3,(H,27,30). The maximum atomic E-state index is 13.3. The Balaban J connectivity index is 2.16. The fourth-order valence-corrected chi connectivity index (χ4v) is 4.37. The van der Waals surface area contributed by atoms with Crippen molar-refractivity contribution >= 4 is 35.2 Å². The highest BCUT2D eigenvalue weighted by molar-refractivity contribution is 7.99. The van der Waals surface area contributed by atoms with E-state index in [9.17, 15) is 9.59 Å². The summed E-state index contributed by atoms with van der Waals surface area (Å²) in [5.41, 5.74) is 3.03. The van der Waals surface area contributed by atoms with Gasteiger partial charge in [0.15, 0.2) is 0 Å². The van der Waals surface area contributed by atoms with Crippen LogP contribution in [0.1, 0.15) is 50.8 Å². The highest BCUT2D eigenvalue weighted by Gasteiger charge is 2.30. The lowest BCUT2D eigenvalue weighted by Gasteiger charge is -2.33. The van der Waals surface area contributed by atoms with Gasteiger partial charge in [0.2, 0.25) is 11.8 Å². The normalized spacial score (nSPS) is 12.3. The summed E-state index contributed by atoms with van der Waals surface area (Å²) in [5, 5.41) is 3.68. The van der Waals surface area contributed by atoms with Crippen LogP contribution in [0.25, 0.3) is 0 Å². The van der Waals surface area contributed by atoms with Crippen LogP contribution in [0.5, 0.6) is 0 Å². The molecule has 0 aliphatic rings. The Morgan fingerprint density at radius 2 is 1.74 bits per heavy atom. The average molecular weight is 461 g/mol. The van der Waals surface area contributed by atoms with E-state index in [1.807, 2.05) is 64.1 Å². The third kappa shape index (κ3) is 8.23. The third-order valence-corrected chi connectivity index (χ3v) is 6.11. The van der Waals surface area contributed by atoms with Gasteiger partial charge in [-0.3, -0.25) is 9.59 Å². The molecule has 0 aromatic heterocycles. The molecule has 1 unspecified atom stereocenters. The van der Waals surface area contributed by atoms with Crippen molar-refractivity contribution in [3.63, 3.8) is 0 Å². The number of thioether (sulfide) groups is 1. The molecule has 2 aromatic carbocycles. The quantitative estimate of drug-likeness (QED) is 0.529. The molecule has 2 rings (SSSR count). The van der Waals surface area contributed by atoms with Gasteiger partial charge in [-0.15, -0.1) is 11.8 Å². The summed E-state index contributed by atoms with van der Waals surface area (Å²) in [7, 11) is 0. The number of nitrogens with one attached hydrogen (secondary N) is 1. The second kappa shape index (κ2) is 11.6. The first-order valence-electron chi connectivity index (χ1n) is 10.6. The van der Waals surface area contributed by atoms with Gasteiger partial charge in [-0.1, -0.05) is 54.9 Å². The molecule has 2 aromatic rings. The summed E-state index contributed by atoms with van der Waals surface area (Å²) in [6.07, 6.45) is 0.545. The first-order valence-corrected chi connectivity index (χ1v) is 12.1. The fourth-order valence-electron chi connectivity index (χ4n) is 3.26. The molecule has 1 N–H and O–H groups in total. The Kier molecular flexibility index (Phi) is 9.45. The first kappa shape index (κ1) is 25.3. The van der Waals surface area contributed by atoms with Crippen molar-refractivity contribution < 1.29 is 9.59 Å². The lowest BCUT2D eigenvalue weighted by Crippen LogP contribution is -2.53. The number of halogens is 1. The number of hydrogen-bond donors (Lipinski definition) is 1. The number of amides is 2. The molecule has 0 spiro atoms. The minimum atomic E-state index is -0.526. The molecule has 1 atom stereocenters. The van der Waals surface area contributed by atoms with Crippen LogP contribution in [-0.4, -0.2) is 34.0 Å². The smallest absolute Gasteiger partial charge is 0.243 e. The van der Waals surface area contributed by atoms with Crippen molar-refractivity contribution in [3.8, 4) is 0 Å². The highest BCUT2D eigenvalue weighted by atomic mass is 35.5. The van der Waals surface area contributed by atoms with Crippen LogP contribution in [0, 0.1) is 6.92 Å². The van der Waals surface area contributed by atoms with Crippen molar-refractivity contribution in [1.82, 2.24) is 10.2 Å². The van der Waals surface area contributed by atoms with Gasteiger partial charge < -0.3 is 10.2 Å². The Labute approximate surface area is 195 Å². The van der Waals surface area contributed by atoms with Gasteiger partial charge in [0.25, 0.3) is 0 Å². The van der Waals surface area contributed by atoms with E-state index in [2.05, 4.69) is 24.4 Å². The Bertz CT molecular complexity index is 878. The van der Waals surface area contributed by atoms with E-state index in [0.29, 0.717) is 23.7 Å². The zero-order valence-electron chi connectivity index (χ0n) is 19.1. The largest absolute Gasteiger partial charge is 0.350 e. The maximum absolute atomic E-state index is 13.3. The van der Waals surface area contributed by atoms with Gasteiger partial charge in [0.1, 0.15) is 6.04 Å². The molecule has 0 saturated carbocycles. The third-order valence-electron chi connectivity index (χ3n) is 4.89. The molecule has 0 aliphatic heterocycles. The van der Waals surface area contributed by atoms with Crippen molar-refractivity contribution in [3.05, 3.63) is 70.2 Å². The SMILES string of the molecule is CCC(C(=O)NC(C)(C)C)N(Cc1ccc(Cl)cc1)C(=O)CSCc1ccccc1C. The van der Waals surface area contributed by atoms with E-state index in [1.54, 1.807) is 16.7 Å². The molecule has 4 nitrogen and oxygen atoms in total. The fraction of sp³-hybridized carbons (Fsp3) is 0.440. The minimum Gasteiger partial charge on any atom is -0.350 e. The van der Waals surface area contributed by atoms with E-state index in [1.165, 1.54) is 11.1 Å². The van der Waals surface area contributed by atoms with E-state index in [0.717, 1.165) is 11.3 Å². The predicted octanol–water partition coefficient (Wildman–Crippen LogP) is 5.60. The lowest BCUT2D eigenvalue weighted by atomic mass is 10.1. The summed E-state index contributed by atoms with van der Waals surface area (Å²) in [4.78, 5) is 27.9. The molecule has 168 valence electrons. The predicted molar refractivity (Wildman–Crippen MR) is 131 cm³/mol. The van der Waals surface area contributed by atoms with Gasteiger partial charge in [-0.05, 0) is 62.9 Å². The summed E-state index contributed by atoms with van der Waals surface area (Å²) < 4.78 is 0. The van der Waals surface area contributed by atoms with Crippen LogP contribution in [0.3, 0.4) is 0 Å². The molecular formula is C25H33ClN2O2S. The summed E-state index contributed by atoms with van der Waals surface area (Å²) >= 11 is 7.59. The Morgan fingerprint density at radius 3 is 2.32 bits per heavy atom. The van der Waals surface area contributed by atoms with Gasteiger partial charge >= 0.3 is 0 Å². The molecule has 31 heavy (non-hydrogen) atoms. The van der Waals surface area contributed by atoms with Crippen LogP contribution in [0.4, 0.5) is 0 Å². The number of nitrogens with zero attached hydrogens (tertiary/aromatic N) is 1. The van der Waals surface area contributed by atoms with E-state index < -0.39 is 6.04 Å². The van der Waals surface area contributed by atoms with E-state index in [-0.39, 0.29) is 17.4 Å². The monoisotopic (exact) mass is 460 g/mol. The number of rotatable bonds is 9. The number of hydrogen-bond acceptors (Lipinski definition) is 3. The van der Waals surface area contributed by atoms with Crippen molar-refractivity contribution in [2.75, 3.05) is 5.75 Å². The molecule has 0 radical (unpaired) electrons. The maximum Gasteiger partial charge on any atom is 0.243 e. The second-order valence-electron chi connectivity index (χ2n) is 8.73. The first-order chi connectivity index (χ1) is 14.6. The lowest BCUT2D eigenvalue weighted by molar-refractivity contribution is -0.140. The van der Waals surface area contributed by atoms with Gasteiger partial charge in [-0.25, -0.2) is 0 Å². The number of benzene rings is 2. The molecule has 6 heteroatoms. The molecule has 2 amide bonds. The second-order valence-corrected chi connectivity index (χ2v) is 10.2. The van der Waals surface area contributed by atoms with Crippen LogP contribution in [-0.2, 0) is 21.9 Å².